The zero-order valence-electron chi connectivity index (χ0n) is 7.04. The van der Waals surface area contributed by atoms with E-state index in [2.05, 4.69) is 6.92 Å². The van der Waals surface area contributed by atoms with Gasteiger partial charge in [0.25, 0.3) is 0 Å². The quantitative estimate of drug-likeness (QED) is 0.457. The van der Waals surface area contributed by atoms with Gasteiger partial charge in [-0.2, -0.15) is 0 Å². The van der Waals surface area contributed by atoms with Gasteiger partial charge < -0.3 is 4.74 Å². The molecule has 1 aliphatic carbocycles. The lowest BCUT2D eigenvalue weighted by Crippen LogP contribution is -1.98. The first kappa shape index (κ1) is 8.31. The Hall–Kier alpha value is -0.790. The van der Waals surface area contributed by atoms with Crippen LogP contribution in [0.5, 0.6) is 0 Å². The Morgan fingerprint density at radius 2 is 2.36 bits per heavy atom. The summed E-state index contributed by atoms with van der Waals surface area (Å²) in [6, 6.07) is 0. The van der Waals surface area contributed by atoms with E-state index in [9.17, 15) is 4.79 Å². The lowest BCUT2D eigenvalue weighted by Gasteiger charge is -1.93. The van der Waals surface area contributed by atoms with E-state index in [1.54, 1.807) is 0 Å². The van der Waals surface area contributed by atoms with Crippen molar-refractivity contribution in [3.8, 4) is 0 Å². The molecule has 62 valence electrons. The van der Waals surface area contributed by atoms with Crippen LogP contribution in [-0.2, 0) is 9.53 Å². The normalized spacial score (nSPS) is 28.9. The van der Waals surface area contributed by atoms with E-state index in [4.69, 9.17) is 4.74 Å². The van der Waals surface area contributed by atoms with Gasteiger partial charge in [0.2, 0.25) is 0 Å². The molecule has 0 unspecified atom stereocenters. The third-order valence-electron chi connectivity index (χ3n) is 1.94. The largest absolute Gasteiger partial charge is 0.463 e. The summed E-state index contributed by atoms with van der Waals surface area (Å²) in [5, 5.41) is 0. The summed E-state index contributed by atoms with van der Waals surface area (Å²) >= 11 is 0. The fourth-order valence-electron chi connectivity index (χ4n) is 1.01. The zero-order valence-corrected chi connectivity index (χ0v) is 7.04. The van der Waals surface area contributed by atoms with Gasteiger partial charge in [0.15, 0.2) is 0 Å². The number of esters is 1. The number of carbonyl (C=O) groups excluding carboxylic acids is 1. The van der Waals surface area contributed by atoms with E-state index in [1.165, 1.54) is 12.5 Å². The van der Waals surface area contributed by atoms with Gasteiger partial charge in [-0.15, -0.1) is 0 Å². The second kappa shape index (κ2) is 3.56. The molecule has 0 aromatic heterocycles. The fourth-order valence-corrected chi connectivity index (χ4v) is 1.01. The highest BCUT2D eigenvalue weighted by Crippen LogP contribution is 2.38. The van der Waals surface area contributed by atoms with Crippen molar-refractivity contribution < 1.29 is 9.53 Å². The minimum atomic E-state index is -0.216. The molecule has 0 amide bonds. The summed E-state index contributed by atoms with van der Waals surface area (Å²) in [4.78, 5) is 10.8. The molecule has 1 fully saturated rings. The summed E-state index contributed by atoms with van der Waals surface area (Å²) in [7, 11) is 0. The molecule has 1 rings (SSSR count). The topological polar surface area (TPSA) is 26.3 Å². The average Bonchev–Trinajstić information content (AvgIpc) is 2.63. The Morgan fingerprint density at radius 3 is 2.82 bits per heavy atom. The zero-order chi connectivity index (χ0) is 8.27. The number of rotatable bonds is 3. The maximum Gasteiger partial charge on any atom is 0.330 e. The number of ether oxygens (including phenoxy) is 1. The van der Waals surface area contributed by atoms with Gasteiger partial charge in [-0.1, -0.05) is 13.0 Å². The van der Waals surface area contributed by atoms with E-state index in [0.717, 1.165) is 5.92 Å². The van der Waals surface area contributed by atoms with Crippen LogP contribution in [0.4, 0.5) is 0 Å². The minimum Gasteiger partial charge on any atom is -0.463 e. The highest BCUT2D eigenvalue weighted by Gasteiger charge is 2.29. The van der Waals surface area contributed by atoms with E-state index < -0.39 is 0 Å². The van der Waals surface area contributed by atoms with Crippen LogP contribution in [0.2, 0.25) is 0 Å². The van der Waals surface area contributed by atoms with E-state index in [-0.39, 0.29) is 5.97 Å². The first-order chi connectivity index (χ1) is 5.24. The van der Waals surface area contributed by atoms with Gasteiger partial charge in [0.1, 0.15) is 0 Å². The van der Waals surface area contributed by atoms with Crippen LogP contribution in [0.15, 0.2) is 12.2 Å². The molecule has 1 saturated carbocycles. The number of hydrogen-bond donors (Lipinski definition) is 0. The lowest BCUT2D eigenvalue weighted by atomic mass is 10.3. The molecule has 11 heavy (non-hydrogen) atoms. The van der Waals surface area contributed by atoms with Crippen molar-refractivity contribution in [2.24, 2.45) is 11.8 Å². The molecule has 0 aliphatic heterocycles. The van der Waals surface area contributed by atoms with Crippen LogP contribution < -0.4 is 0 Å². The molecule has 0 N–H and O–H groups in total. The van der Waals surface area contributed by atoms with E-state index in [0.29, 0.717) is 12.5 Å². The van der Waals surface area contributed by atoms with Crippen molar-refractivity contribution in [1.82, 2.24) is 0 Å². The monoisotopic (exact) mass is 154 g/mol. The van der Waals surface area contributed by atoms with Crippen LogP contribution >= 0.6 is 0 Å². The SMILES string of the molecule is CCOC(=O)/C=C/[C@H]1C[C@@H]1C. The molecule has 0 saturated heterocycles. The van der Waals surface area contributed by atoms with Gasteiger partial charge in [-0.3, -0.25) is 0 Å². The Labute approximate surface area is 67.2 Å². The first-order valence-corrected chi connectivity index (χ1v) is 4.09. The van der Waals surface area contributed by atoms with Crippen LogP contribution in [0.25, 0.3) is 0 Å². The average molecular weight is 154 g/mol. The van der Waals surface area contributed by atoms with Gasteiger partial charge in [-0.05, 0) is 25.2 Å². The molecule has 2 nitrogen and oxygen atoms in total. The molecular formula is C9H14O2. The predicted molar refractivity (Wildman–Crippen MR) is 43.0 cm³/mol. The molecule has 0 aromatic rings. The lowest BCUT2D eigenvalue weighted by molar-refractivity contribution is -0.137. The molecule has 0 bridgehead atoms. The summed E-state index contributed by atoms with van der Waals surface area (Å²) in [5.41, 5.74) is 0. The second-order valence-corrected chi connectivity index (χ2v) is 2.99. The van der Waals surface area contributed by atoms with Crippen molar-refractivity contribution in [3.63, 3.8) is 0 Å². The summed E-state index contributed by atoms with van der Waals surface area (Å²) in [6.45, 7) is 4.45. The van der Waals surface area contributed by atoms with E-state index >= 15 is 0 Å². The van der Waals surface area contributed by atoms with E-state index in [1.807, 2.05) is 13.0 Å². The third kappa shape index (κ3) is 2.74. The van der Waals surface area contributed by atoms with Crippen LogP contribution in [0.1, 0.15) is 20.3 Å². The Balaban J connectivity index is 2.18. The van der Waals surface area contributed by atoms with Crippen molar-refractivity contribution >= 4 is 5.97 Å². The number of allylic oxidation sites excluding steroid dienone is 1. The molecular weight excluding hydrogens is 140 g/mol. The fraction of sp³-hybridized carbons (Fsp3) is 0.667. The smallest absolute Gasteiger partial charge is 0.330 e. The Bertz CT molecular complexity index is 172. The minimum absolute atomic E-state index is 0.216. The molecule has 0 spiro atoms. The van der Waals surface area contributed by atoms with Crippen LogP contribution in [0, 0.1) is 11.8 Å². The third-order valence-corrected chi connectivity index (χ3v) is 1.94. The maximum absolute atomic E-state index is 10.8. The molecule has 0 heterocycles. The van der Waals surface area contributed by atoms with Crippen LogP contribution in [-0.4, -0.2) is 12.6 Å². The summed E-state index contributed by atoms with van der Waals surface area (Å²) in [6.07, 6.45) is 4.70. The molecule has 0 radical (unpaired) electrons. The van der Waals surface area contributed by atoms with Crippen molar-refractivity contribution in [2.45, 2.75) is 20.3 Å². The van der Waals surface area contributed by atoms with Gasteiger partial charge in [-0.25, -0.2) is 4.79 Å². The first-order valence-electron chi connectivity index (χ1n) is 4.09. The van der Waals surface area contributed by atoms with Crippen LogP contribution in [0.3, 0.4) is 0 Å². The molecule has 0 aromatic carbocycles. The van der Waals surface area contributed by atoms with Crippen molar-refractivity contribution in [2.75, 3.05) is 6.61 Å². The summed E-state index contributed by atoms with van der Waals surface area (Å²) in [5.74, 6) is 1.17. The molecule has 1 aliphatic rings. The van der Waals surface area contributed by atoms with Gasteiger partial charge in [0.05, 0.1) is 6.61 Å². The van der Waals surface area contributed by atoms with Crippen molar-refractivity contribution in [3.05, 3.63) is 12.2 Å². The number of hydrogen-bond acceptors (Lipinski definition) is 2. The highest BCUT2D eigenvalue weighted by atomic mass is 16.5. The summed E-state index contributed by atoms with van der Waals surface area (Å²) < 4.78 is 4.73. The van der Waals surface area contributed by atoms with Crippen molar-refractivity contribution in [1.29, 1.82) is 0 Å². The molecule has 2 atom stereocenters. The predicted octanol–water partition coefficient (Wildman–Crippen LogP) is 1.76. The maximum atomic E-state index is 10.8. The second-order valence-electron chi connectivity index (χ2n) is 2.99. The van der Waals surface area contributed by atoms with Gasteiger partial charge in [0, 0.05) is 6.08 Å². The number of carbonyl (C=O) groups is 1. The standard InChI is InChI=1S/C9H14O2/c1-3-11-9(10)5-4-8-6-7(8)2/h4-5,7-8H,3,6H2,1-2H3/b5-4+/t7-,8-/m0/s1. The highest BCUT2D eigenvalue weighted by molar-refractivity contribution is 5.81. The van der Waals surface area contributed by atoms with Gasteiger partial charge >= 0.3 is 5.97 Å². The Kier molecular flexibility index (Phi) is 2.69. The molecule has 2 heteroatoms. The Morgan fingerprint density at radius 1 is 1.73 bits per heavy atom.